The molecule has 0 fully saturated rings. The van der Waals surface area contributed by atoms with Crippen LogP contribution in [-0.2, 0) is 9.47 Å². The van der Waals surface area contributed by atoms with Gasteiger partial charge >= 0.3 is 0 Å². The second kappa shape index (κ2) is 6.07. The number of ether oxygens (including phenoxy) is 2. The van der Waals surface area contributed by atoms with Gasteiger partial charge in [0.2, 0.25) is 0 Å². The van der Waals surface area contributed by atoms with Gasteiger partial charge in [-0.2, -0.15) is 0 Å². The standard InChI is InChI=1S/C12H24O2/c1-10(2)7-8-14-12(4,5)9-11(3)13-6/h10H,3,7-9H2,1-2,4-6H3. The molecule has 0 aromatic rings. The minimum absolute atomic E-state index is 0.165. The van der Waals surface area contributed by atoms with Gasteiger partial charge < -0.3 is 9.47 Å². The van der Waals surface area contributed by atoms with Crippen molar-refractivity contribution in [2.45, 2.75) is 46.1 Å². The van der Waals surface area contributed by atoms with Gasteiger partial charge in [0.25, 0.3) is 0 Å². The lowest BCUT2D eigenvalue weighted by atomic mass is 10.0. The second-order valence-corrected chi connectivity index (χ2v) is 4.71. The molecular weight excluding hydrogens is 176 g/mol. The third-order valence-corrected chi connectivity index (χ3v) is 2.10. The molecule has 0 aliphatic carbocycles. The Hall–Kier alpha value is -0.500. The molecule has 0 aromatic carbocycles. The van der Waals surface area contributed by atoms with Gasteiger partial charge in [-0.1, -0.05) is 20.4 Å². The van der Waals surface area contributed by atoms with Crippen LogP contribution >= 0.6 is 0 Å². The van der Waals surface area contributed by atoms with Crippen molar-refractivity contribution in [2.75, 3.05) is 13.7 Å². The monoisotopic (exact) mass is 200 g/mol. The van der Waals surface area contributed by atoms with Gasteiger partial charge in [-0.05, 0) is 26.2 Å². The quantitative estimate of drug-likeness (QED) is 0.587. The fourth-order valence-electron chi connectivity index (χ4n) is 1.17. The Morgan fingerprint density at radius 1 is 1.36 bits per heavy atom. The van der Waals surface area contributed by atoms with Crippen molar-refractivity contribution in [2.24, 2.45) is 5.92 Å². The van der Waals surface area contributed by atoms with Crippen molar-refractivity contribution < 1.29 is 9.47 Å². The van der Waals surface area contributed by atoms with Crippen LogP contribution in [0.1, 0.15) is 40.5 Å². The largest absolute Gasteiger partial charge is 0.502 e. The maximum Gasteiger partial charge on any atom is 0.0912 e. The number of rotatable bonds is 7. The predicted octanol–water partition coefficient (Wildman–Crippen LogP) is 3.38. The van der Waals surface area contributed by atoms with Gasteiger partial charge in [-0.3, -0.25) is 0 Å². The van der Waals surface area contributed by atoms with Crippen LogP contribution in [-0.4, -0.2) is 19.3 Å². The van der Waals surface area contributed by atoms with Gasteiger partial charge in [-0.15, -0.1) is 0 Å². The fraction of sp³-hybridized carbons (Fsp3) is 0.833. The molecule has 0 aliphatic rings. The molecular formula is C12H24O2. The Kier molecular flexibility index (Phi) is 5.86. The smallest absolute Gasteiger partial charge is 0.0912 e. The summed E-state index contributed by atoms with van der Waals surface area (Å²) in [5.74, 6) is 1.47. The highest BCUT2D eigenvalue weighted by atomic mass is 16.5. The van der Waals surface area contributed by atoms with E-state index in [1.807, 2.05) is 0 Å². The molecule has 0 unspecified atom stereocenters. The lowest BCUT2D eigenvalue weighted by molar-refractivity contribution is -0.0287. The van der Waals surface area contributed by atoms with E-state index in [1.165, 1.54) is 0 Å². The second-order valence-electron chi connectivity index (χ2n) is 4.71. The van der Waals surface area contributed by atoms with Gasteiger partial charge in [0.05, 0.1) is 18.5 Å². The Morgan fingerprint density at radius 3 is 2.36 bits per heavy atom. The van der Waals surface area contributed by atoms with Crippen LogP contribution in [0.25, 0.3) is 0 Å². The average Bonchev–Trinajstić information content (AvgIpc) is 2.02. The molecule has 14 heavy (non-hydrogen) atoms. The Bertz CT molecular complexity index is 171. The SMILES string of the molecule is C=C(CC(C)(C)OCCC(C)C)OC. The molecule has 0 saturated heterocycles. The van der Waals surface area contributed by atoms with Gasteiger partial charge in [0.15, 0.2) is 0 Å². The summed E-state index contributed by atoms with van der Waals surface area (Å²) in [6, 6.07) is 0. The van der Waals surface area contributed by atoms with Gasteiger partial charge in [-0.25, -0.2) is 0 Å². The van der Waals surface area contributed by atoms with Gasteiger partial charge in [0.1, 0.15) is 0 Å². The van der Waals surface area contributed by atoms with E-state index >= 15 is 0 Å². The molecule has 0 aliphatic heterocycles. The van der Waals surface area contributed by atoms with E-state index in [1.54, 1.807) is 7.11 Å². The summed E-state index contributed by atoms with van der Waals surface area (Å²) in [5.41, 5.74) is -0.165. The van der Waals surface area contributed by atoms with Crippen molar-refractivity contribution in [3.63, 3.8) is 0 Å². The highest BCUT2D eigenvalue weighted by Crippen LogP contribution is 2.20. The van der Waals surface area contributed by atoms with Crippen molar-refractivity contribution in [3.8, 4) is 0 Å². The van der Waals surface area contributed by atoms with E-state index in [9.17, 15) is 0 Å². The third kappa shape index (κ3) is 6.96. The molecule has 0 atom stereocenters. The summed E-state index contributed by atoms with van der Waals surface area (Å²) in [7, 11) is 1.65. The highest BCUT2D eigenvalue weighted by molar-refractivity contribution is 4.90. The van der Waals surface area contributed by atoms with E-state index in [0.29, 0.717) is 5.92 Å². The Morgan fingerprint density at radius 2 is 1.93 bits per heavy atom. The molecule has 2 heteroatoms. The van der Waals surface area contributed by atoms with Crippen LogP contribution < -0.4 is 0 Å². The molecule has 0 spiro atoms. The maximum absolute atomic E-state index is 5.77. The predicted molar refractivity (Wildman–Crippen MR) is 60.3 cm³/mol. The van der Waals surface area contributed by atoms with E-state index in [0.717, 1.165) is 25.2 Å². The summed E-state index contributed by atoms with van der Waals surface area (Å²) in [5, 5.41) is 0. The Balaban J connectivity index is 3.77. The van der Waals surface area contributed by atoms with Crippen molar-refractivity contribution >= 4 is 0 Å². The molecule has 0 radical (unpaired) electrons. The molecule has 0 aromatic heterocycles. The molecule has 0 rings (SSSR count). The third-order valence-electron chi connectivity index (χ3n) is 2.10. The van der Waals surface area contributed by atoms with Crippen LogP contribution in [0.5, 0.6) is 0 Å². The number of hydrogen-bond acceptors (Lipinski definition) is 2. The molecule has 0 bridgehead atoms. The van der Waals surface area contributed by atoms with E-state index in [-0.39, 0.29) is 5.60 Å². The van der Waals surface area contributed by atoms with Gasteiger partial charge in [0, 0.05) is 13.0 Å². The summed E-state index contributed by atoms with van der Waals surface area (Å²) in [6.45, 7) is 13.1. The molecule has 0 amide bonds. The first-order valence-corrected chi connectivity index (χ1v) is 5.23. The van der Waals surface area contributed by atoms with Crippen LogP contribution in [0.2, 0.25) is 0 Å². The zero-order valence-corrected chi connectivity index (χ0v) is 10.2. The normalized spacial score (nSPS) is 11.9. The summed E-state index contributed by atoms with van der Waals surface area (Å²) < 4.78 is 10.8. The minimum atomic E-state index is -0.165. The lowest BCUT2D eigenvalue weighted by Crippen LogP contribution is -2.26. The number of methoxy groups -OCH3 is 1. The molecule has 2 nitrogen and oxygen atoms in total. The topological polar surface area (TPSA) is 18.5 Å². The van der Waals surface area contributed by atoms with Crippen molar-refractivity contribution in [1.82, 2.24) is 0 Å². The highest BCUT2D eigenvalue weighted by Gasteiger charge is 2.19. The van der Waals surface area contributed by atoms with Crippen LogP contribution in [0.15, 0.2) is 12.3 Å². The van der Waals surface area contributed by atoms with Crippen LogP contribution in [0.3, 0.4) is 0 Å². The fourth-order valence-corrected chi connectivity index (χ4v) is 1.17. The summed E-state index contributed by atoms with van der Waals surface area (Å²) in [4.78, 5) is 0. The maximum atomic E-state index is 5.77. The van der Waals surface area contributed by atoms with Crippen LogP contribution in [0.4, 0.5) is 0 Å². The lowest BCUT2D eigenvalue weighted by Gasteiger charge is -2.26. The first-order valence-electron chi connectivity index (χ1n) is 5.23. The molecule has 0 saturated carbocycles. The average molecular weight is 200 g/mol. The van der Waals surface area contributed by atoms with Crippen LogP contribution in [0, 0.1) is 5.92 Å². The molecule has 84 valence electrons. The summed E-state index contributed by atoms with van der Waals surface area (Å²) >= 11 is 0. The van der Waals surface area contributed by atoms with E-state index < -0.39 is 0 Å². The van der Waals surface area contributed by atoms with E-state index in [2.05, 4.69) is 34.3 Å². The van der Waals surface area contributed by atoms with E-state index in [4.69, 9.17) is 9.47 Å². The molecule has 0 N–H and O–H groups in total. The first-order chi connectivity index (χ1) is 6.37. The first kappa shape index (κ1) is 13.5. The van der Waals surface area contributed by atoms with Crippen molar-refractivity contribution in [3.05, 3.63) is 12.3 Å². The molecule has 0 heterocycles. The van der Waals surface area contributed by atoms with Crippen molar-refractivity contribution in [1.29, 1.82) is 0 Å². The minimum Gasteiger partial charge on any atom is -0.502 e. The number of hydrogen-bond donors (Lipinski definition) is 0. The zero-order chi connectivity index (χ0) is 11.2. The zero-order valence-electron chi connectivity index (χ0n) is 10.2. The Labute approximate surface area is 88.3 Å². The summed E-state index contributed by atoms with van der Waals surface area (Å²) in [6.07, 6.45) is 1.85.